The highest BCUT2D eigenvalue weighted by Crippen LogP contribution is 2.29. The summed E-state index contributed by atoms with van der Waals surface area (Å²) in [6.45, 7) is -0.530. The maximum Gasteiger partial charge on any atom is 0.328 e. The first-order chi connectivity index (χ1) is 12.2. The number of hydrogen-bond acceptors (Lipinski definition) is 6. The number of benzene rings is 2. The summed E-state index contributed by atoms with van der Waals surface area (Å²) in [5, 5.41) is 20.3. The lowest BCUT2D eigenvalue weighted by atomic mass is 9.95. The molecule has 0 bridgehead atoms. The van der Waals surface area contributed by atoms with Crippen LogP contribution < -0.4 is 0 Å². The van der Waals surface area contributed by atoms with Gasteiger partial charge in [-0.15, -0.1) is 0 Å². The molecule has 2 aromatic rings. The summed E-state index contributed by atoms with van der Waals surface area (Å²) in [7, 11) is -3.80. The SMILES string of the molecule is CS(=O)(=O)OCc1cc(/C(=C/C(=O)O)c2ccccc2)ccc1[N+](=O)[O-]. The number of nitrogens with zero attached hydrogens (tertiary/aromatic N) is 1. The van der Waals surface area contributed by atoms with Gasteiger partial charge in [0.15, 0.2) is 0 Å². The van der Waals surface area contributed by atoms with E-state index in [9.17, 15) is 23.3 Å². The number of hydrogen-bond donors (Lipinski definition) is 1. The van der Waals surface area contributed by atoms with Crippen LogP contribution in [-0.2, 0) is 25.7 Å². The molecule has 2 aromatic carbocycles. The lowest BCUT2D eigenvalue weighted by Crippen LogP contribution is -2.05. The molecular weight excluding hydrogens is 362 g/mol. The second-order valence-corrected chi connectivity index (χ2v) is 6.97. The van der Waals surface area contributed by atoms with Gasteiger partial charge < -0.3 is 5.11 Å². The highest BCUT2D eigenvalue weighted by atomic mass is 32.2. The molecule has 0 saturated heterocycles. The molecule has 0 aromatic heterocycles. The van der Waals surface area contributed by atoms with Crippen molar-refractivity contribution in [3.8, 4) is 0 Å². The molecule has 2 rings (SSSR count). The summed E-state index contributed by atoms with van der Waals surface area (Å²) < 4.78 is 27.0. The molecule has 0 radical (unpaired) electrons. The van der Waals surface area contributed by atoms with Gasteiger partial charge in [-0.1, -0.05) is 30.3 Å². The second-order valence-electron chi connectivity index (χ2n) is 5.33. The van der Waals surface area contributed by atoms with Crippen molar-refractivity contribution in [2.24, 2.45) is 0 Å². The third-order valence-electron chi connectivity index (χ3n) is 3.37. The van der Waals surface area contributed by atoms with Gasteiger partial charge in [0, 0.05) is 12.1 Å². The number of carboxylic acid groups (broad SMARTS) is 1. The standard InChI is InChI=1S/C17H15NO7S/c1-26(23,24)25-11-14-9-13(7-8-16(14)18(21)22)15(10-17(19)20)12-5-3-2-4-6-12/h2-10H,11H2,1H3,(H,19,20)/b15-10+. The van der Waals surface area contributed by atoms with Crippen LogP contribution in [0.1, 0.15) is 16.7 Å². The van der Waals surface area contributed by atoms with E-state index in [1.807, 2.05) is 0 Å². The van der Waals surface area contributed by atoms with Gasteiger partial charge in [-0.05, 0) is 28.8 Å². The van der Waals surface area contributed by atoms with Crippen molar-refractivity contribution in [2.45, 2.75) is 6.61 Å². The van der Waals surface area contributed by atoms with E-state index < -0.39 is 27.6 Å². The van der Waals surface area contributed by atoms with E-state index in [4.69, 9.17) is 5.11 Å². The molecule has 0 saturated carbocycles. The first-order valence-corrected chi connectivity index (χ1v) is 9.11. The molecule has 0 spiro atoms. The largest absolute Gasteiger partial charge is 0.478 e. The van der Waals surface area contributed by atoms with E-state index in [2.05, 4.69) is 4.18 Å². The molecule has 0 aliphatic carbocycles. The molecule has 0 amide bonds. The Morgan fingerprint density at radius 3 is 2.38 bits per heavy atom. The Balaban J connectivity index is 2.56. The van der Waals surface area contributed by atoms with Crippen molar-refractivity contribution < 1.29 is 27.4 Å². The van der Waals surface area contributed by atoms with E-state index >= 15 is 0 Å². The van der Waals surface area contributed by atoms with Gasteiger partial charge in [-0.2, -0.15) is 8.42 Å². The number of aliphatic carboxylic acids is 1. The van der Waals surface area contributed by atoms with Crippen LogP contribution in [0.4, 0.5) is 5.69 Å². The van der Waals surface area contributed by atoms with Crippen LogP contribution >= 0.6 is 0 Å². The smallest absolute Gasteiger partial charge is 0.328 e. The molecule has 1 N–H and O–H groups in total. The zero-order chi connectivity index (χ0) is 19.3. The summed E-state index contributed by atoms with van der Waals surface area (Å²) in [6.07, 6.45) is 1.82. The van der Waals surface area contributed by atoms with E-state index in [0.717, 1.165) is 12.3 Å². The topological polar surface area (TPSA) is 124 Å². The zero-order valence-electron chi connectivity index (χ0n) is 13.7. The van der Waals surface area contributed by atoms with Gasteiger partial charge in [0.1, 0.15) is 0 Å². The van der Waals surface area contributed by atoms with Crippen LogP contribution in [0.3, 0.4) is 0 Å². The summed E-state index contributed by atoms with van der Waals surface area (Å²) in [5.41, 5.74) is 1.01. The summed E-state index contributed by atoms with van der Waals surface area (Å²) in [4.78, 5) is 21.7. The van der Waals surface area contributed by atoms with Crippen molar-refractivity contribution in [2.75, 3.05) is 6.26 Å². The van der Waals surface area contributed by atoms with Crippen molar-refractivity contribution >= 4 is 27.3 Å². The fourth-order valence-corrected chi connectivity index (χ4v) is 2.63. The van der Waals surface area contributed by atoms with Crippen LogP contribution in [0.25, 0.3) is 5.57 Å². The molecule has 136 valence electrons. The maximum atomic E-state index is 11.2. The summed E-state index contributed by atoms with van der Waals surface area (Å²) >= 11 is 0. The Morgan fingerprint density at radius 1 is 1.19 bits per heavy atom. The van der Waals surface area contributed by atoms with Gasteiger partial charge >= 0.3 is 5.97 Å². The monoisotopic (exact) mass is 377 g/mol. The molecule has 0 aliphatic heterocycles. The third-order valence-corrected chi connectivity index (χ3v) is 3.91. The molecule has 0 fully saturated rings. The number of nitro benzene ring substituents is 1. The Morgan fingerprint density at radius 2 is 1.85 bits per heavy atom. The fourth-order valence-electron chi connectivity index (χ4n) is 2.29. The minimum Gasteiger partial charge on any atom is -0.478 e. The molecular formula is C17H15NO7S. The Hall–Kier alpha value is -3.04. The first kappa shape index (κ1) is 19.3. The molecule has 0 unspecified atom stereocenters. The number of nitro groups is 1. The average molecular weight is 377 g/mol. The van der Waals surface area contributed by atoms with Gasteiger partial charge in [-0.3, -0.25) is 14.3 Å². The highest BCUT2D eigenvalue weighted by molar-refractivity contribution is 7.85. The van der Waals surface area contributed by atoms with E-state index in [0.29, 0.717) is 16.7 Å². The maximum absolute atomic E-state index is 11.2. The number of carboxylic acids is 1. The second kappa shape index (κ2) is 7.89. The van der Waals surface area contributed by atoms with Crippen molar-refractivity contribution in [1.82, 2.24) is 0 Å². The summed E-state index contributed by atoms with van der Waals surface area (Å²) in [6, 6.07) is 12.6. The fraction of sp³-hybridized carbons (Fsp3) is 0.118. The van der Waals surface area contributed by atoms with Gasteiger partial charge in [0.25, 0.3) is 15.8 Å². The summed E-state index contributed by atoms with van der Waals surface area (Å²) in [5.74, 6) is -1.18. The number of carbonyl (C=O) groups is 1. The minimum atomic E-state index is -3.80. The van der Waals surface area contributed by atoms with Crippen molar-refractivity contribution in [1.29, 1.82) is 0 Å². The lowest BCUT2D eigenvalue weighted by molar-refractivity contribution is -0.385. The quantitative estimate of drug-likeness (QED) is 0.340. The van der Waals surface area contributed by atoms with E-state index in [1.54, 1.807) is 30.3 Å². The normalized spacial score (nSPS) is 12.0. The minimum absolute atomic E-state index is 0.0187. The molecule has 0 heterocycles. The van der Waals surface area contributed by atoms with E-state index in [1.165, 1.54) is 18.2 Å². The van der Waals surface area contributed by atoms with E-state index in [-0.39, 0.29) is 11.3 Å². The third kappa shape index (κ3) is 5.23. The van der Waals surface area contributed by atoms with Crippen LogP contribution in [0.5, 0.6) is 0 Å². The van der Waals surface area contributed by atoms with Gasteiger partial charge in [0.05, 0.1) is 23.3 Å². The average Bonchev–Trinajstić information content (AvgIpc) is 2.57. The van der Waals surface area contributed by atoms with Gasteiger partial charge in [-0.25, -0.2) is 4.79 Å². The van der Waals surface area contributed by atoms with Crippen molar-refractivity contribution in [3.05, 3.63) is 81.4 Å². The highest BCUT2D eigenvalue weighted by Gasteiger charge is 2.18. The van der Waals surface area contributed by atoms with Crippen LogP contribution in [0.15, 0.2) is 54.6 Å². The lowest BCUT2D eigenvalue weighted by Gasteiger charge is -2.10. The zero-order valence-corrected chi connectivity index (χ0v) is 14.5. The van der Waals surface area contributed by atoms with Gasteiger partial charge in [0.2, 0.25) is 0 Å². The van der Waals surface area contributed by atoms with Crippen LogP contribution in [-0.4, -0.2) is 30.7 Å². The molecule has 0 aliphatic rings. The first-order valence-electron chi connectivity index (χ1n) is 7.29. The number of rotatable bonds is 7. The van der Waals surface area contributed by atoms with Crippen molar-refractivity contribution in [3.63, 3.8) is 0 Å². The molecule has 8 nitrogen and oxygen atoms in total. The molecule has 0 atom stereocenters. The predicted molar refractivity (Wildman–Crippen MR) is 93.9 cm³/mol. The predicted octanol–water partition coefficient (Wildman–Crippen LogP) is 2.59. The molecule has 9 heteroatoms. The van der Waals surface area contributed by atoms with Crippen LogP contribution in [0, 0.1) is 10.1 Å². The van der Waals surface area contributed by atoms with Crippen LogP contribution in [0.2, 0.25) is 0 Å². The molecule has 26 heavy (non-hydrogen) atoms. The Kier molecular flexibility index (Phi) is 5.86. The Labute approximate surface area is 149 Å². The Bertz CT molecular complexity index is 966.